The van der Waals surface area contributed by atoms with Crippen molar-refractivity contribution < 1.29 is 49.8 Å². The van der Waals surface area contributed by atoms with Gasteiger partial charge in [0.2, 0.25) is 21.7 Å². The first-order chi connectivity index (χ1) is 22.4. The lowest BCUT2D eigenvalue weighted by molar-refractivity contribution is -0.120. The quantitative estimate of drug-likeness (QED) is 0.142. The van der Waals surface area contributed by atoms with Crippen molar-refractivity contribution in [2.45, 2.75) is 69.4 Å². The van der Waals surface area contributed by atoms with E-state index >= 15 is 8.78 Å². The molecule has 0 spiro atoms. The van der Waals surface area contributed by atoms with Crippen molar-refractivity contribution in [3.63, 3.8) is 0 Å². The predicted molar refractivity (Wildman–Crippen MR) is 166 cm³/mol. The number of methoxy groups -OCH3 is 1. The molecule has 0 heterocycles. The fourth-order valence-electron chi connectivity index (χ4n) is 6.55. The van der Waals surface area contributed by atoms with Crippen LogP contribution in [0.2, 0.25) is 0 Å². The van der Waals surface area contributed by atoms with Gasteiger partial charge in [0.25, 0.3) is 0 Å². The number of ether oxygens (including phenoxy) is 1. The Labute approximate surface area is 275 Å². The summed E-state index contributed by atoms with van der Waals surface area (Å²) in [6, 6.07) is 10.0. The first-order valence-electron chi connectivity index (χ1n) is 15.3. The average molecular weight is 695 g/mol. The van der Waals surface area contributed by atoms with Gasteiger partial charge in [0.05, 0.1) is 31.5 Å². The van der Waals surface area contributed by atoms with Crippen molar-refractivity contribution in [2.24, 2.45) is 11.8 Å². The van der Waals surface area contributed by atoms with Gasteiger partial charge >= 0.3 is 5.97 Å². The molecule has 1 atom stereocenters. The molecule has 3 fully saturated rings. The van der Waals surface area contributed by atoms with Crippen LogP contribution in [0.4, 0.5) is 27.6 Å². The molecule has 6 rings (SSSR count). The van der Waals surface area contributed by atoms with Gasteiger partial charge < -0.3 is 14.7 Å². The highest BCUT2D eigenvalue weighted by atomic mass is 32.2. The van der Waals surface area contributed by atoms with Crippen LogP contribution in [0.15, 0.2) is 47.4 Å². The van der Waals surface area contributed by atoms with Crippen LogP contribution in [0, 0.1) is 40.9 Å². The largest absolute Gasteiger partial charge is 0.495 e. The van der Waals surface area contributed by atoms with Gasteiger partial charge in [-0.1, -0.05) is 45.0 Å². The third-order valence-corrected chi connectivity index (χ3v) is 11.1. The van der Waals surface area contributed by atoms with E-state index in [1.165, 1.54) is 25.3 Å². The van der Waals surface area contributed by atoms with Gasteiger partial charge in [0.15, 0.2) is 28.2 Å². The number of amides is 1. The predicted octanol–water partition coefficient (Wildman–Crippen LogP) is 6.80. The summed E-state index contributed by atoms with van der Waals surface area (Å²) in [6.07, 6.45) is 1.92. The lowest BCUT2D eigenvalue weighted by atomic mass is 9.63. The van der Waals surface area contributed by atoms with Crippen molar-refractivity contribution in [3.8, 4) is 5.75 Å². The third-order valence-electron chi connectivity index (χ3n) is 9.24. The Morgan fingerprint density at radius 2 is 1.54 bits per heavy atom. The highest BCUT2D eigenvalue weighted by Gasteiger charge is 2.49. The average Bonchev–Trinajstić information content (AvgIpc) is 3.03. The van der Waals surface area contributed by atoms with E-state index in [0.29, 0.717) is 35.0 Å². The summed E-state index contributed by atoms with van der Waals surface area (Å²) in [5.41, 5.74) is 1.14. The molecule has 3 aliphatic carbocycles. The summed E-state index contributed by atoms with van der Waals surface area (Å²) in [5, 5.41) is 9.53. The molecule has 1 N–H and O–H groups in total. The van der Waals surface area contributed by atoms with Crippen LogP contribution in [0.3, 0.4) is 0 Å². The number of sulfonamides is 1. The second kappa shape index (κ2) is 13.1. The van der Waals surface area contributed by atoms with E-state index in [0.717, 1.165) is 10.5 Å². The molecule has 0 unspecified atom stereocenters. The maximum Gasteiger partial charge on any atom is 0.335 e. The topological polar surface area (TPSA) is 104 Å². The summed E-state index contributed by atoms with van der Waals surface area (Å²) in [7, 11) is -4.24. The number of hydrogen-bond acceptors (Lipinski definition) is 5. The number of benzene rings is 3. The minimum absolute atomic E-state index is 0.0381. The number of carboxylic acids is 1. The van der Waals surface area contributed by atoms with E-state index in [1.54, 1.807) is 12.1 Å². The molecule has 1 amide bonds. The van der Waals surface area contributed by atoms with E-state index in [4.69, 9.17) is 4.74 Å². The number of carbonyl (C=O) groups is 2. The number of halogens is 5. The highest BCUT2D eigenvalue weighted by Crippen LogP contribution is 2.49. The molecule has 0 radical (unpaired) electrons. The minimum atomic E-state index is -5.50. The van der Waals surface area contributed by atoms with Gasteiger partial charge in [0.1, 0.15) is 5.75 Å². The van der Waals surface area contributed by atoms with Crippen molar-refractivity contribution in [3.05, 3.63) is 88.2 Å². The standard InChI is InChI=1S/C34H35F5N2O6S/c1-34(2,3)22-7-5-6-19(14-22)16-40(24-11-9-20(33(43)44)15-25(24)47-4)26(42)17-41(23-10-8-18-12-21(23)13-18)48(45,46)32-30(38)28(36)27(35)29(37)31(32)39/h5-7,9,11,14-15,18,21,23H,8,10,12-13,16-17H2,1-4H3,(H,43,44)/t18?,21?,23-/m1/s1. The van der Waals surface area contributed by atoms with E-state index < -0.39 is 68.5 Å². The Morgan fingerprint density at radius 1 is 0.917 bits per heavy atom. The summed E-state index contributed by atoms with van der Waals surface area (Å²) in [6.45, 7) is 4.77. The molecule has 3 aromatic carbocycles. The number of nitrogens with zero attached hydrogens (tertiary/aromatic N) is 2. The lowest BCUT2D eigenvalue weighted by Crippen LogP contribution is -2.55. The molecule has 2 bridgehead atoms. The number of aromatic carboxylic acids is 1. The van der Waals surface area contributed by atoms with Gasteiger partial charge in [-0.2, -0.15) is 4.31 Å². The van der Waals surface area contributed by atoms with Crippen LogP contribution in [0.5, 0.6) is 5.75 Å². The Bertz CT molecular complexity index is 1840. The lowest BCUT2D eigenvalue weighted by Gasteiger charge is -2.50. The molecule has 3 saturated carbocycles. The number of rotatable bonds is 10. The number of carbonyl (C=O) groups excluding carboxylic acids is 1. The number of fused-ring (bicyclic) bond motifs is 2. The van der Waals surface area contributed by atoms with Crippen LogP contribution in [0.1, 0.15) is 67.9 Å². The Morgan fingerprint density at radius 3 is 2.08 bits per heavy atom. The van der Waals surface area contributed by atoms with Crippen LogP contribution in [-0.2, 0) is 26.8 Å². The summed E-state index contributed by atoms with van der Waals surface area (Å²) in [4.78, 5) is 25.2. The van der Waals surface area contributed by atoms with E-state index in [1.807, 2.05) is 32.9 Å². The molecule has 0 aliphatic heterocycles. The van der Waals surface area contributed by atoms with Crippen LogP contribution >= 0.6 is 0 Å². The smallest absolute Gasteiger partial charge is 0.335 e. The van der Waals surface area contributed by atoms with E-state index in [2.05, 4.69) is 0 Å². The van der Waals surface area contributed by atoms with Crippen LogP contribution in [0.25, 0.3) is 0 Å². The molecule has 14 heteroatoms. The molecule has 8 nitrogen and oxygen atoms in total. The molecule has 48 heavy (non-hydrogen) atoms. The molecule has 258 valence electrons. The van der Waals surface area contributed by atoms with Crippen molar-refractivity contribution >= 4 is 27.6 Å². The third kappa shape index (κ3) is 6.51. The number of carboxylic acid groups (broad SMARTS) is 1. The SMILES string of the molecule is COc1cc(C(=O)O)ccc1N(Cc1cccc(C(C)(C)C)c1)C(=O)CN([C@@H]1CCC2CC1C2)S(=O)(=O)c1c(F)c(F)c(F)c(F)c1F. The Balaban J connectivity index is 1.63. The summed E-state index contributed by atoms with van der Waals surface area (Å²) < 4.78 is 107. The van der Waals surface area contributed by atoms with Gasteiger partial charge in [0, 0.05) is 6.04 Å². The zero-order valence-electron chi connectivity index (χ0n) is 26.7. The Kier molecular flexibility index (Phi) is 9.63. The molecule has 0 saturated heterocycles. The monoisotopic (exact) mass is 694 g/mol. The molecule has 3 aromatic rings. The second-order valence-electron chi connectivity index (χ2n) is 13.3. The van der Waals surface area contributed by atoms with E-state index in [-0.39, 0.29) is 41.3 Å². The fraction of sp³-hybridized carbons (Fsp3) is 0.412. The van der Waals surface area contributed by atoms with E-state index in [9.17, 15) is 36.3 Å². The molecule has 0 aromatic heterocycles. The second-order valence-corrected chi connectivity index (χ2v) is 15.1. The van der Waals surface area contributed by atoms with Gasteiger partial charge in [-0.3, -0.25) is 4.79 Å². The first kappa shape index (κ1) is 35.3. The Hall–Kier alpha value is -4.04. The van der Waals surface area contributed by atoms with Crippen molar-refractivity contribution in [1.29, 1.82) is 0 Å². The van der Waals surface area contributed by atoms with Gasteiger partial charge in [-0.05, 0) is 72.3 Å². The van der Waals surface area contributed by atoms with Crippen LogP contribution < -0.4 is 9.64 Å². The number of anilines is 1. The summed E-state index contributed by atoms with van der Waals surface area (Å²) in [5.74, 6) is -14.6. The maximum absolute atomic E-state index is 15.0. The zero-order chi connectivity index (χ0) is 35.3. The van der Waals surface area contributed by atoms with Crippen molar-refractivity contribution in [1.82, 2.24) is 4.31 Å². The highest BCUT2D eigenvalue weighted by molar-refractivity contribution is 7.89. The van der Waals surface area contributed by atoms with Crippen molar-refractivity contribution in [2.75, 3.05) is 18.6 Å². The molecular weight excluding hydrogens is 659 g/mol. The van der Waals surface area contributed by atoms with Crippen LogP contribution in [-0.4, -0.2) is 49.4 Å². The normalized spacial score (nSPS) is 19.2. The fourth-order valence-corrected chi connectivity index (χ4v) is 8.33. The minimum Gasteiger partial charge on any atom is -0.495 e. The first-order valence-corrected chi connectivity index (χ1v) is 16.7. The summed E-state index contributed by atoms with van der Waals surface area (Å²) >= 11 is 0. The van der Waals surface area contributed by atoms with Gasteiger partial charge in [-0.25, -0.2) is 35.2 Å². The maximum atomic E-state index is 15.0. The molecular formula is C34H35F5N2O6S. The van der Waals surface area contributed by atoms with Gasteiger partial charge in [-0.15, -0.1) is 0 Å². The zero-order valence-corrected chi connectivity index (χ0v) is 27.5. The molecule has 3 aliphatic rings. The number of hydrogen-bond donors (Lipinski definition) is 1.